The molecule has 2 N–H and O–H groups in total. The molecule has 0 aliphatic carbocycles. The van der Waals surface area contributed by atoms with Crippen LogP contribution in [-0.4, -0.2) is 18.4 Å². The number of ether oxygens (including phenoxy) is 1. The highest BCUT2D eigenvalue weighted by molar-refractivity contribution is 5.95. The smallest absolute Gasteiger partial charge is 0.276 e. The summed E-state index contributed by atoms with van der Waals surface area (Å²) in [6.07, 6.45) is 0.930. The lowest BCUT2D eigenvalue weighted by molar-refractivity contribution is -0.123. The quantitative estimate of drug-likeness (QED) is 0.823. The molecule has 0 unspecified atom stereocenters. The molecule has 0 atom stereocenters. The highest BCUT2D eigenvalue weighted by Gasteiger charge is 2.08. The molecule has 2 aromatic rings. The van der Waals surface area contributed by atoms with E-state index in [1.165, 1.54) is 11.6 Å². The van der Waals surface area contributed by atoms with E-state index in [1.807, 2.05) is 18.2 Å². The molecular weight excluding hydrogens is 306 g/mol. The first-order valence-corrected chi connectivity index (χ1v) is 7.43. The maximum atomic E-state index is 11.9. The molecule has 0 saturated carbocycles. The fourth-order valence-electron chi connectivity index (χ4n) is 1.93. The van der Waals surface area contributed by atoms with Crippen LogP contribution in [0.4, 0.5) is 0 Å². The molecular formula is C18H17N3O3. The number of hydrogen-bond acceptors (Lipinski definition) is 4. The minimum atomic E-state index is -0.507. The number of amides is 2. The molecule has 0 heterocycles. The summed E-state index contributed by atoms with van der Waals surface area (Å²) in [7, 11) is 0. The van der Waals surface area contributed by atoms with E-state index in [1.54, 1.807) is 30.3 Å². The predicted octanol–water partition coefficient (Wildman–Crippen LogP) is 1.96. The summed E-state index contributed by atoms with van der Waals surface area (Å²) in [5, 5.41) is 8.81. The normalized spacial score (nSPS) is 9.67. The van der Waals surface area contributed by atoms with E-state index in [-0.39, 0.29) is 12.2 Å². The summed E-state index contributed by atoms with van der Waals surface area (Å²) in [6, 6.07) is 15.6. The topological polar surface area (TPSA) is 91.2 Å². The van der Waals surface area contributed by atoms with Gasteiger partial charge in [-0.2, -0.15) is 5.26 Å². The average molecular weight is 323 g/mol. The fourth-order valence-corrected chi connectivity index (χ4v) is 1.93. The second-order valence-corrected chi connectivity index (χ2v) is 4.98. The summed E-state index contributed by atoms with van der Waals surface area (Å²) in [5.41, 5.74) is 6.37. The highest BCUT2D eigenvalue weighted by atomic mass is 16.5. The zero-order chi connectivity index (χ0) is 17.4. The van der Waals surface area contributed by atoms with Crippen LogP contribution >= 0.6 is 0 Å². The van der Waals surface area contributed by atoms with Crippen LogP contribution < -0.4 is 15.6 Å². The van der Waals surface area contributed by atoms with Crippen molar-refractivity contribution in [2.24, 2.45) is 0 Å². The molecule has 0 radical (unpaired) electrons. The van der Waals surface area contributed by atoms with Gasteiger partial charge in [0.05, 0.1) is 11.6 Å². The minimum Gasteiger partial charge on any atom is -0.484 e. The van der Waals surface area contributed by atoms with Gasteiger partial charge < -0.3 is 4.74 Å². The number of nitrogens with one attached hydrogen (secondary N) is 2. The zero-order valence-electron chi connectivity index (χ0n) is 13.2. The third-order valence-electron chi connectivity index (χ3n) is 3.27. The zero-order valence-corrected chi connectivity index (χ0v) is 13.2. The lowest BCUT2D eigenvalue weighted by Crippen LogP contribution is -2.43. The van der Waals surface area contributed by atoms with Crippen molar-refractivity contribution in [2.45, 2.75) is 13.3 Å². The van der Waals surface area contributed by atoms with Gasteiger partial charge in [0.1, 0.15) is 5.75 Å². The Morgan fingerprint density at radius 1 is 1.12 bits per heavy atom. The Balaban J connectivity index is 1.79. The van der Waals surface area contributed by atoms with Gasteiger partial charge in [-0.25, -0.2) is 0 Å². The van der Waals surface area contributed by atoms with Crippen molar-refractivity contribution < 1.29 is 14.3 Å². The standard InChI is InChI=1S/C18H17N3O3/c1-2-13-6-8-16(9-7-13)24-12-17(22)20-21-18(23)15-5-3-4-14(10-15)11-19/h3-10H,2,12H2,1H3,(H,20,22)(H,21,23). The van der Waals surface area contributed by atoms with Crippen molar-refractivity contribution in [3.63, 3.8) is 0 Å². The van der Waals surface area contributed by atoms with Crippen LogP contribution in [-0.2, 0) is 11.2 Å². The molecule has 122 valence electrons. The molecule has 2 amide bonds. The van der Waals surface area contributed by atoms with Crippen LogP contribution in [0, 0.1) is 11.3 Å². The summed E-state index contributed by atoms with van der Waals surface area (Å²) < 4.78 is 5.34. The van der Waals surface area contributed by atoms with Gasteiger partial charge >= 0.3 is 0 Å². The number of carbonyl (C=O) groups is 2. The molecule has 6 nitrogen and oxygen atoms in total. The van der Waals surface area contributed by atoms with Crippen LogP contribution in [0.3, 0.4) is 0 Å². The number of carbonyl (C=O) groups excluding carboxylic acids is 2. The van der Waals surface area contributed by atoms with Crippen LogP contribution in [0.2, 0.25) is 0 Å². The molecule has 0 bridgehead atoms. The number of rotatable bonds is 5. The Morgan fingerprint density at radius 2 is 1.88 bits per heavy atom. The summed E-state index contributed by atoms with van der Waals surface area (Å²) in [5.74, 6) is -0.414. The van der Waals surface area contributed by atoms with Gasteiger partial charge in [0.2, 0.25) is 0 Å². The first-order valence-electron chi connectivity index (χ1n) is 7.43. The third kappa shape index (κ3) is 4.85. The molecule has 0 aromatic heterocycles. The maximum Gasteiger partial charge on any atom is 0.276 e. The fraction of sp³-hybridized carbons (Fsp3) is 0.167. The van der Waals surface area contributed by atoms with Crippen LogP contribution in [0.15, 0.2) is 48.5 Å². The molecule has 0 aliphatic heterocycles. The van der Waals surface area contributed by atoms with E-state index in [4.69, 9.17) is 10.00 Å². The molecule has 2 rings (SSSR count). The second-order valence-electron chi connectivity index (χ2n) is 4.98. The largest absolute Gasteiger partial charge is 0.484 e. The molecule has 0 aliphatic rings. The number of hydrogen-bond donors (Lipinski definition) is 2. The molecule has 0 saturated heterocycles. The van der Waals surface area contributed by atoms with E-state index in [0.717, 1.165) is 6.42 Å². The van der Waals surface area contributed by atoms with Gasteiger partial charge in [0.15, 0.2) is 6.61 Å². The van der Waals surface area contributed by atoms with Crippen LogP contribution in [0.1, 0.15) is 28.4 Å². The number of nitrogens with zero attached hydrogens (tertiary/aromatic N) is 1. The van der Waals surface area contributed by atoms with Crippen molar-refractivity contribution >= 4 is 11.8 Å². The predicted molar refractivity (Wildman–Crippen MR) is 88.1 cm³/mol. The van der Waals surface area contributed by atoms with E-state index >= 15 is 0 Å². The molecule has 24 heavy (non-hydrogen) atoms. The monoisotopic (exact) mass is 323 g/mol. The lowest BCUT2D eigenvalue weighted by Gasteiger charge is -2.09. The summed E-state index contributed by atoms with van der Waals surface area (Å²) >= 11 is 0. The van der Waals surface area contributed by atoms with Crippen molar-refractivity contribution in [1.82, 2.24) is 10.9 Å². The van der Waals surface area contributed by atoms with E-state index in [0.29, 0.717) is 11.3 Å². The summed E-state index contributed by atoms with van der Waals surface area (Å²) in [4.78, 5) is 23.6. The first kappa shape index (κ1) is 17.0. The van der Waals surface area contributed by atoms with Gasteiger partial charge in [-0.3, -0.25) is 20.4 Å². The SMILES string of the molecule is CCc1ccc(OCC(=O)NNC(=O)c2cccc(C#N)c2)cc1. The number of benzene rings is 2. The van der Waals surface area contributed by atoms with Crippen LogP contribution in [0.5, 0.6) is 5.75 Å². The van der Waals surface area contributed by atoms with E-state index in [9.17, 15) is 9.59 Å². The first-order chi connectivity index (χ1) is 11.6. The Labute approximate surface area is 140 Å². The van der Waals surface area contributed by atoms with Gasteiger partial charge in [-0.15, -0.1) is 0 Å². The van der Waals surface area contributed by atoms with Gasteiger partial charge in [0.25, 0.3) is 11.8 Å². The Hall–Kier alpha value is -3.33. The molecule has 6 heteroatoms. The number of hydrazine groups is 1. The number of nitriles is 1. The number of aryl methyl sites for hydroxylation is 1. The molecule has 0 fully saturated rings. The van der Waals surface area contributed by atoms with Gasteiger partial charge in [0, 0.05) is 5.56 Å². The maximum absolute atomic E-state index is 11.9. The van der Waals surface area contributed by atoms with Crippen molar-refractivity contribution in [3.05, 3.63) is 65.2 Å². The second kappa shape index (κ2) is 8.34. The Kier molecular flexibility index (Phi) is 5.92. The lowest BCUT2D eigenvalue weighted by atomic mass is 10.1. The van der Waals surface area contributed by atoms with Crippen LogP contribution in [0.25, 0.3) is 0 Å². The summed E-state index contributed by atoms with van der Waals surface area (Å²) in [6.45, 7) is 1.84. The minimum absolute atomic E-state index is 0.218. The molecule has 0 spiro atoms. The Bertz CT molecular complexity index is 764. The Morgan fingerprint density at radius 3 is 2.54 bits per heavy atom. The third-order valence-corrected chi connectivity index (χ3v) is 3.27. The van der Waals surface area contributed by atoms with E-state index in [2.05, 4.69) is 17.8 Å². The van der Waals surface area contributed by atoms with Crippen molar-refractivity contribution in [2.75, 3.05) is 6.61 Å². The van der Waals surface area contributed by atoms with Crippen molar-refractivity contribution in [3.8, 4) is 11.8 Å². The average Bonchev–Trinajstić information content (AvgIpc) is 2.64. The van der Waals surface area contributed by atoms with Gasteiger partial charge in [-0.05, 0) is 42.3 Å². The van der Waals surface area contributed by atoms with Gasteiger partial charge in [-0.1, -0.05) is 25.1 Å². The molecule has 2 aromatic carbocycles. The van der Waals surface area contributed by atoms with E-state index < -0.39 is 11.8 Å². The highest BCUT2D eigenvalue weighted by Crippen LogP contribution is 2.12. The van der Waals surface area contributed by atoms with Crippen molar-refractivity contribution in [1.29, 1.82) is 5.26 Å².